The van der Waals surface area contributed by atoms with E-state index in [1.165, 1.54) is 0 Å². The number of carbonyl (C=O) groups is 1. The summed E-state index contributed by atoms with van der Waals surface area (Å²) in [4.78, 5) is 17.4. The van der Waals surface area contributed by atoms with E-state index in [4.69, 9.17) is 4.74 Å². The molecule has 22 heavy (non-hydrogen) atoms. The van der Waals surface area contributed by atoms with E-state index < -0.39 is 5.60 Å². The van der Waals surface area contributed by atoms with E-state index in [0.29, 0.717) is 12.1 Å². The van der Waals surface area contributed by atoms with Crippen LogP contribution >= 0.6 is 0 Å². The van der Waals surface area contributed by atoms with Crippen molar-refractivity contribution in [3.8, 4) is 0 Å². The van der Waals surface area contributed by atoms with Crippen LogP contribution in [0.15, 0.2) is 0 Å². The van der Waals surface area contributed by atoms with Crippen LogP contribution < -0.4 is 5.32 Å². The predicted octanol–water partition coefficient (Wildman–Crippen LogP) is 1.33. The molecule has 5 nitrogen and oxygen atoms in total. The maximum atomic E-state index is 12.3. The lowest BCUT2D eigenvalue weighted by atomic mass is 9.94. The van der Waals surface area contributed by atoms with Crippen molar-refractivity contribution >= 4 is 5.97 Å². The molecule has 2 saturated heterocycles. The van der Waals surface area contributed by atoms with Crippen LogP contribution in [0.1, 0.15) is 41.0 Å². The van der Waals surface area contributed by atoms with Gasteiger partial charge >= 0.3 is 5.97 Å². The molecule has 2 aliphatic rings. The average molecular weight is 311 g/mol. The van der Waals surface area contributed by atoms with Crippen LogP contribution in [0.25, 0.3) is 0 Å². The minimum Gasteiger partial charge on any atom is -0.460 e. The van der Waals surface area contributed by atoms with E-state index in [9.17, 15) is 4.79 Å². The van der Waals surface area contributed by atoms with Gasteiger partial charge in [-0.3, -0.25) is 14.6 Å². The first-order chi connectivity index (χ1) is 10.3. The standard InChI is InChI=1S/C17H33N3O2/c1-13(2)19-6-8-20(9-7-19)15-10-14(11-18-12-15)16(21)22-17(3,4)5/h13-15,18H,6-12H2,1-5H3/t14-,15-/m1/s1. The van der Waals surface area contributed by atoms with Gasteiger partial charge in [0.15, 0.2) is 0 Å². The smallest absolute Gasteiger partial charge is 0.310 e. The first-order valence-electron chi connectivity index (χ1n) is 8.68. The molecule has 0 bridgehead atoms. The Hall–Kier alpha value is -0.650. The van der Waals surface area contributed by atoms with Gasteiger partial charge in [-0.05, 0) is 41.0 Å². The van der Waals surface area contributed by atoms with Gasteiger partial charge in [0.2, 0.25) is 0 Å². The highest BCUT2D eigenvalue weighted by atomic mass is 16.6. The van der Waals surface area contributed by atoms with Crippen molar-refractivity contribution in [3.63, 3.8) is 0 Å². The summed E-state index contributed by atoms with van der Waals surface area (Å²) in [5.41, 5.74) is -0.396. The molecule has 0 aromatic carbocycles. The van der Waals surface area contributed by atoms with E-state index in [-0.39, 0.29) is 11.9 Å². The quantitative estimate of drug-likeness (QED) is 0.797. The van der Waals surface area contributed by atoms with Gasteiger partial charge < -0.3 is 10.1 Å². The predicted molar refractivity (Wildman–Crippen MR) is 88.9 cm³/mol. The zero-order valence-corrected chi connectivity index (χ0v) is 14.9. The molecule has 2 heterocycles. The Balaban J connectivity index is 1.85. The Labute approximate surface area is 135 Å². The first-order valence-corrected chi connectivity index (χ1v) is 8.68. The third-order valence-corrected chi connectivity index (χ3v) is 4.66. The third kappa shape index (κ3) is 4.93. The van der Waals surface area contributed by atoms with Crippen molar-refractivity contribution in [2.24, 2.45) is 5.92 Å². The maximum absolute atomic E-state index is 12.3. The van der Waals surface area contributed by atoms with Gasteiger partial charge in [0.1, 0.15) is 5.60 Å². The molecule has 0 aromatic rings. The van der Waals surface area contributed by atoms with Crippen LogP contribution in [0.4, 0.5) is 0 Å². The van der Waals surface area contributed by atoms with Crippen molar-refractivity contribution in [2.45, 2.75) is 58.7 Å². The van der Waals surface area contributed by atoms with Gasteiger partial charge in [0.25, 0.3) is 0 Å². The molecule has 2 rings (SSSR count). The second-order valence-electron chi connectivity index (χ2n) is 7.94. The number of rotatable bonds is 3. The largest absolute Gasteiger partial charge is 0.460 e. The highest BCUT2D eigenvalue weighted by molar-refractivity contribution is 5.73. The van der Waals surface area contributed by atoms with Gasteiger partial charge in [-0.25, -0.2) is 0 Å². The van der Waals surface area contributed by atoms with E-state index in [1.54, 1.807) is 0 Å². The first kappa shape index (κ1) is 17.7. The zero-order chi connectivity index (χ0) is 16.3. The molecular formula is C17H33N3O2. The molecule has 0 radical (unpaired) electrons. The summed E-state index contributed by atoms with van der Waals surface area (Å²) < 4.78 is 5.56. The van der Waals surface area contributed by atoms with Crippen molar-refractivity contribution in [1.29, 1.82) is 0 Å². The third-order valence-electron chi connectivity index (χ3n) is 4.66. The number of ether oxygens (including phenoxy) is 1. The highest BCUT2D eigenvalue weighted by Crippen LogP contribution is 2.21. The summed E-state index contributed by atoms with van der Waals surface area (Å²) in [6.07, 6.45) is 0.920. The van der Waals surface area contributed by atoms with Gasteiger partial charge in [0, 0.05) is 51.4 Å². The minimum atomic E-state index is -0.396. The molecule has 0 aromatic heterocycles. The number of hydrogen-bond acceptors (Lipinski definition) is 5. The molecule has 2 fully saturated rings. The van der Waals surface area contributed by atoms with Crippen molar-refractivity contribution in [3.05, 3.63) is 0 Å². The monoisotopic (exact) mass is 311 g/mol. The zero-order valence-electron chi connectivity index (χ0n) is 14.9. The number of piperidine rings is 1. The molecule has 2 atom stereocenters. The number of esters is 1. The minimum absolute atomic E-state index is 0.0129. The topological polar surface area (TPSA) is 44.8 Å². The SMILES string of the molecule is CC(C)N1CCN([C@H]2CNC[C@H](C(=O)OC(C)(C)C)C2)CC1. The molecule has 2 aliphatic heterocycles. The van der Waals surface area contributed by atoms with E-state index in [2.05, 4.69) is 29.0 Å². The molecule has 0 aliphatic carbocycles. The van der Waals surface area contributed by atoms with Crippen LogP contribution in [-0.2, 0) is 9.53 Å². The Morgan fingerprint density at radius 1 is 1.14 bits per heavy atom. The average Bonchev–Trinajstić information content (AvgIpc) is 2.46. The van der Waals surface area contributed by atoms with Crippen molar-refractivity contribution in [1.82, 2.24) is 15.1 Å². The highest BCUT2D eigenvalue weighted by Gasteiger charge is 2.34. The molecule has 1 N–H and O–H groups in total. The number of piperazine rings is 1. The summed E-state index contributed by atoms with van der Waals surface area (Å²) in [7, 11) is 0. The lowest BCUT2D eigenvalue weighted by Crippen LogP contribution is -2.57. The molecule has 0 saturated carbocycles. The summed E-state index contributed by atoms with van der Waals surface area (Å²) in [5.74, 6) is -0.0633. The van der Waals surface area contributed by atoms with E-state index in [0.717, 1.165) is 45.7 Å². The van der Waals surface area contributed by atoms with Crippen molar-refractivity contribution in [2.75, 3.05) is 39.3 Å². The van der Waals surface area contributed by atoms with Crippen LogP contribution in [0.2, 0.25) is 0 Å². The normalized spacial score (nSPS) is 28.8. The Bertz CT molecular complexity index is 371. The fourth-order valence-corrected chi connectivity index (χ4v) is 3.38. The summed E-state index contributed by atoms with van der Waals surface area (Å²) in [5, 5.41) is 3.43. The number of hydrogen-bond donors (Lipinski definition) is 1. The number of nitrogens with zero attached hydrogens (tertiary/aromatic N) is 2. The van der Waals surface area contributed by atoms with Gasteiger partial charge in [-0.1, -0.05) is 0 Å². The maximum Gasteiger partial charge on any atom is 0.310 e. The Kier molecular flexibility index (Phi) is 5.86. The lowest BCUT2D eigenvalue weighted by molar-refractivity contribution is -0.161. The Morgan fingerprint density at radius 3 is 2.32 bits per heavy atom. The number of carbonyl (C=O) groups excluding carboxylic acids is 1. The summed E-state index contributed by atoms with van der Waals surface area (Å²) in [6.45, 7) is 16.5. The molecule has 128 valence electrons. The number of nitrogens with one attached hydrogen (secondary N) is 1. The second kappa shape index (κ2) is 7.28. The second-order valence-corrected chi connectivity index (χ2v) is 7.94. The van der Waals surface area contributed by atoms with Crippen LogP contribution in [0.5, 0.6) is 0 Å². The van der Waals surface area contributed by atoms with Crippen molar-refractivity contribution < 1.29 is 9.53 Å². The molecule has 0 spiro atoms. The van der Waals surface area contributed by atoms with Gasteiger partial charge in [-0.15, -0.1) is 0 Å². The van der Waals surface area contributed by atoms with Gasteiger partial charge in [-0.2, -0.15) is 0 Å². The van der Waals surface area contributed by atoms with E-state index in [1.807, 2.05) is 20.8 Å². The van der Waals surface area contributed by atoms with Crippen LogP contribution in [-0.4, -0.2) is 72.7 Å². The van der Waals surface area contributed by atoms with Crippen LogP contribution in [0, 0.1) is 5.92 Å². The fourth-order valence-electron chi connectivity index (χ4n) is 3.38. The van der Waals surface area contributed by atoms with E-state index >= 15 is 0 Å². The molecule has 5 heteroatoms. The van der Waals surface area contributed by atoms with Crippen LogP contribution in [0.3, 0.4) is 0 Å². The molecule has 0 amide bonds. The molecular weight excluding hydrogens is 278 g/mol. The summed E-state index contributed by atoms with van der Waals surface area (Å²) >= 11 is 0. The Morgan fingerprint density at radius 2 is 1.77 bits per heavy atom. The molecule has 0 unspecified atom stereocenters. The van der Waals surface area contributed by atoms with Gasteiger partial charge in [0.05, 0.1) is 5.92 Å². The lowest BCUT2D eigenvalue weighted by Gasteiger charge is -2.43. The fraction of sp³-hybridized carbons (Fsp3) is 0.941. The summed E-state index contributed by atoms with van der Waals surface area (Å²) in [6, 6.07) is 1.08.